The lowest BCUT2D eigenvalue weighted by Crippen LogP contribution is -1.99. The number of hydrogen-bond acceptors (Lipinski definition) is 5. The Morgan fingerprint density at radius 1 is 1.26 bits per heavy atom. The first-order chi connectivity index (χ1) is 13.3. The highest BCUT2D eigenvalue weighted by Crippen LogP contribution is 2.42. The van der Waals surface area contributed by atoms with Gasteiger partial charge in [0.05, 0.1) is 10.7 Å². The van der Waals surface area contributed by atoms with Crippen molar-refractivity contribution in [2.24, 2.45) is 0 Å². The number of H-pyrrole nitrogens is 1. The van der Waals surface area contributed by atoms with Gasteiger partial charge in [-0.1, -0.05) is 36.9 Å². The molecule has 0 aliphatic heterocycles. The SMILES string of the molecule is CCCc1nc(CSc2nnc(-c3c[nH]c4ccccc34)n2C2CC2)cs1. The van der Waals surface area contributed by atoms with Crippen LogP contribution in [0.5, 0.6) is 0 Å². The summed E-state index contributed by atoms with van der Waals surface area (Å²) in [5.74, 6) is 1.82. The zero-order valence-electron chi connectivity index (χ0n) is 15.2. The van der Waals surface area contributed by atoms with Crippen molar-refractivity contribution >= 4 is 34.0 Å². The van der Waals surface area contributed by atoms with Crippen molar-refractivity contribution < 1.29 is 0 Å². The van der Waals surface area contributed by atoms with Gasteiger partial charge in [0.1, 0.15) is 0 Å². The molecule has 0 radical (unpaired) electrons. The summed E-state index contributed by atoms with van der Waals surface area (Å²) < 4.78 is 2.33. The van der Waals surface area contributed by atoms with Crippen LogP contribution >= 0.6 is 23.1 Å². The van der Waals surface area contributed by atoms with Gasteiger partial charge in [-0.05, 0) is 31.7 Å². The normalized spacial score (nSPS) is 14.3. The molecule has 1 N–H and O–H groups in total. The van der Waals surface area contributed by atoms with Gasteiger partial charge in [0.15, 0.2) is 11.0 Å². The molecule has 0 bridgehead atoms. The summed E-state index contributed by atoms with van der Waals surface area (Å²) in [4.78, 5) is 8.10. The fourth-order valence-electron chi connectivity index (χ4n) is 3.36. The molecule has 5 rings (SSSR count). The van der Waals surface area contributed by atoms with Crippen LogP contribution in [0.1, 0.15) is 42.9 Å². The van der Waals surface area contributed by atoms with E-state index in [0.29, 0.717) is 6.04 Å². The number of thiazole rings is 1. The van der Waals surface area contributed by atoms with Gasteiger partial charge in [0.25, 0.3) is 0 Å². The molecule has 4 aromatic rings. The minimum atomic E-state index is 0.525. The predicted octanol–water partition coefficient (Wildman–Crippen LogP) is 5.46. The summed E-state index contributed by atoms with van der Waals surface area (Å²) in [5.41, 5.74) is 3.42. The topological polar surface area (TPSA) is 59.4 Å². The number of aryl methyl sites for hydroxylation is 1. The second-order valence-corrected chi connectivity index (χ2v) is 8.81. The number of fused-ring (bicyclic) bond motifs is 1. The largest absolute Gasteiger partial charge is 0.360 e. The molecule has 27 heavy (non-hydrogen) atoms. The van der Waals surface area contributed by atoms with Crippen molar-refractivity contribution in [3.8, 4) is 11.4 Å². The molecule has 0 saturated heterocycles. The van der Waals surface area contributed by atoms with E-state index in [1.54, 1.807) is 23.1 Å². The van der Waals surface area contributed by atoms with Crippen LogP contribution in [0.25, 0.3) is 22.3 Å². The Balaban J connectivity index is 1.44. The number of benzene rings is 1. The molecule has 0 amide bonds. The third kappa shape index (κ3) is 3.30. The van der Waals surface area contributed by atoms with E-state index in [0.717, 1.165) is 46.3 Å². The van der Waals surface area contributed by atoms with Gasteiger partial charge in [-0.3, -0.25) is 4.57 Å². The summed E-state index contributed by atoms with van der Waals surface area (Å²) in [7, 11) is 0. The van der Waals surface area contributed by atoms with Gasteiger partial charge >= 0.3 is 0 Å². The first kappa shape index (κ1) is 17.0. The third-order valence-corrected chi connectivity index (χ3v) is 6.75. The van der Waals surface area contributed by atoms with Gasteiger partial charge in [0.2, 0.25) is 0 Å². The fraction of sp³-hybridized carbons (Fsp3) is 0.350. The molecule has 0 spiro atoms. The van der Waals surface area contributed by atoms with Gasteiger partial charge in [-0.2, -0.15) is 0 Å². The third-order valence-electron chi connectivity index (χ3n) is 4.82. The summed E-state index contributed by atoms with van der Waals surface area (Å²) in [6, 6.07) is 8.89. The predicted molar refractivity (Wildman–Crippen MR) is 111 cm³/mol. The van der Waals surface area contributed by atoms with Crippen molar-refractivity contribution in [2.45, 2.75) is 49.6 Å². The zero-order chi connectivity index (χ0) is 18.2. The van der Waals surface area contributed by atoms with Crippen LogP contribution in [0.3, 0.4) is 0 Å². The standard InChI is InChI=1S/C20H21N5S2/c1-2-5-18-22-13(11-26-18)12-27-20-24-23-19(25(20)14-8-9-14)16-10-21-17-7-4-3-6-15(16)17/h3-4,6-7,10-11,14,21H,2,5,8-9,12H2,1H3. The molecule has 1 fully saturated rings. The number of para-hydroxylation sites is 1. The van der Waals surface area contributed by atoms with Crippen LogP contribution in [-0.4, -0.2) is 24.7 Å². The summed E-state index contributed by atoms with van der Waals surface area (Å²) in [5, 5.41) is 14.7. The Morgan fingerprint density at radius 2 is 2.15 bits per heavy atom. The van der Waals surface area contributed by atoms with E-state index < -0.39 is 0 Å². The van der Waals surface area contributed by atoms with Crippen LogP contribution in [0.15, 0.2) is 41.0 Å². The minimum Gasteiger partial charge on any atom is -0.360 e. The van der Waals surface area contributed by atoms with Crippen LogP contribution < -0.4 is 0 Å². The van der Waals surface area contributed by atoms with Crippen LogP contribution in [0.2, 0.25) is 0 Å². The highest BCUT2D eigenvalue weighted by atomic mass is 32.2. The second-order valence-electron chi connectivity index (χ2n) is 6.93. The molecule has 0 unspecified atom stereocenters. The maximum absolute atomic E-state index is 4.74. The second kappa shape index (κ2) is 7.13. The molecule has 3 aromatic heterocycles. The summed E-state index contributed by atoms with van der Waals surface area (Å²) >= 11 is 3.51. The fourth-order valence-corrected chi connectivity index (χ4v) is 5.26. The Kier molecular flexibility index (Phi) is 4.49. The average Bonchev–Trinajstić information content (AvgIpc) is 3.10. The first-order valence-electron chi connectivity index (χ1n) is 9.41. The van der Waals surface area contributed by atoms with Crippen molar-refractivity contribution in [1.29, 1.82) is 0 Å². The van der Waals surface area contributed by atoms with Crippen LogP contribution in [-0.2, 0) is 12.2 Å². The molecular formula is C20H21N5S2. The Bertz CT molecular complexity index is 1070. The van der Waals surface area contributed by atoms with Crippen molar-refractivity contribution in [1.82, 2.24) is 24.7 Å². The number of nitrogens with one attached hydrogen (secondary N) is 1. The van der Waals surface area contributed by atoms with E-state index >= 15 is 0 Å². The van der Waals surface area contributed by atoms with Crippen LogP contribution in [0.4, 0.5) is 0 Å². The molecule has 7 heteroatoms. The molecule has 1 aromatic carbocycles. The maximum Gasteiger partial charge on any atom is 0.192 e. The van der Waals surface area contributed by atoms with Gasteiger partial charge in [0, 0.05) is 39.8 Å². The molecule has 1 saturated carbocycles. The van der Waals surface area contributed by atoms with Gasteiger partial charge in [-0.15, -0.1) is 21.5 Å². The molecule has 138 valence electrons. The van der Waals surface area contributed by atoms with Crippen molar-refractivity contribution in [2.75, 3.05) is 0 Å². The minimum absolute atomic E-state index is 0.525. The van der Waals surface area contributed by atoms with E-state index in [4.69, 9.17) is 4.98 Å². The monoisotopic (exact) mass is 395 g/mol. The quantitative estimate of drug-likeness (QED) is 0.422. The van der Waals surface area contributed by atoms with E-state index in [-0.39, 0.29) is 0 Å². The molecule has 5 nitrogen and oxygen atoms in total. The van der Waals surface area contributed by atoms with E-state index in [1.165, 1.54) is 23.2 Å². The van der Waals surface area contributed by atoms with Gasteiger partial charge < -0.3 is 4.98 Å². The lowest BCUT2D eigenvalue weighted by Gasteiger charge is -2.07. The van der Waals surface area contributed by atoms with Gasteiger partial charge in [-0.25, -0.2) is 4.98 Å². The number of thioether (sulfide) groups is 1. The summed E-state index contributed by atoms with van der Waals surface area (Å²) in [6.45, 7) is 2.19. The number of nitrogens with zero attached hydrogens (tertiary/aromatic N) is 4. The smallest absolute Gasteiger partial charge is 0.192 e. The first-order valence-corrected chi connectivity index (χ1v) is 11.3. The molecule has 0 atom stereocenters. The molecule has 3 heterocycles. The average molecular weight is 396 g/mol. The van der Waals surface area contributed by atoms with E-state index in [9.17, 15) is 0 Å². The van der Waals surface area contributed by atoms with Crippen molar-refractivity contribution in [3.63, 3.8) is 0 Å². The Hall–Kier alpha value is -2.12. The molecule has 1 aliphatic rings. The molecule has 1 aliphatic carbocycles. The van der Waals surface area contributed by atoms with Crippen LogP contribution in [0, 0.1) is 0 Å². The van der Waals surface area contributed by atoms with E-state index in [2.05, 4.69) is 62.5 Å². The summed E-state index contributed by atoms with van der Waals surface area (Å²) in [6.07, 6.45) is 6.68. The van der Waals surface area contributed by atoms with E-state index in [1.807, 2.05) is 0 Å². The maximum atomic E-state index is 4.74. The lowest BCUT2D eigenvalue weighted by atomic mass is 10.1. The number of hydrogen-bond donors (Lipinski definition) is 1. The zero-order valence-corrected chi connectivity index (χ0v) is 16.8. The Labute approximate surface area is 166 Å². The molecular weight excluding hydrogens is 374 g/mol. The number of aromatic nitrogens is 5. The highest BCUT2D eigenvalue weighted by Gasteiger charge is 2.31. The Morgan fingerprint density at radius 3 is 3.00 bits per heavy atom. The lowest BCUT2D eigenvalue weighted by molar-refractivity contribution is 0.669. The number of aromatic amines is 1. The van der Waals surface area contributed by atoms with Crippen molar-refractivity contribution in [3.05, 3.63) is 46.5 Å². The number of rotatable bonds is 7. The highest BCUT2D eigenvalue weighted by molar-refractivity contribution is 7.98.